The smallest absolute Gasteiger partial charge is 0.103 e. The predicted molar refractivity (Wildman–Crippen MR) is 50.6 cm³/mol. The summed E-state index contributed by atoms with van der Waals surface area (Å²) in [5.74, 6) is -0.0957. The molecule has 1 heterocycles. The second kappa shape index (κ2) is 4.20. The van der Waals surface area contributed by atoms with Crippen LogP contribution in [-0.2, 0) is 0 Å². The van der Waals surface area contributed by atoms with Crippen LogP contribution < -0.4 is 0 Å². The number of hydrogen-bond donors (Lipinski definition) is 0. The molecule has 0 amide bonds. The van der Waals surface area contributed by atoms with Crippen LogP contribution in [0.2, 0.25) is 0 Å². The molecule has 4 heteroatoms. The number of alkyl halides is 1. The molecule has 1 atom stereocenters. The molecule has 0 saturated heterocycles. The molecule has 0 fully saturated rings. The molecule has 0 aromatic carbocycles. The molecule has 0 aliphatic heterocycles. The van der Waals surface area contributed by atoms with Gasteiger partial charge < -0.3 is 0 Å². The van der Waals surface area contributed by atoms with E-state index in [9.17, 15) is 0 Å². The van der Waals surface area contributed by atoms with Crippen molar-refractivity contribution >= 4 is 11.6 Å². The average molecular weight is 196 g/mol. The molecule has 1 rings (SSSR count). The first-order valence-electron chi connectivity index (χ1n) is 3.94. The zero-order chi connectivity index (χ0) is 9.84. The van der Waals surface area contributed by atoms with Crippen LogP contribution in [0.15, 0.2) is 6.20 Å². The Hall–Kier alpha value is -1.14. The lowest BCUT2D eigenvalue weighted by atomic mass is 10.1. The highest BCUT2D eigenvalue weighted by molar-refractivity contribution is 6.18. The molecule has 68 valence electrons. The van der Waals surface area contributed by atoms with E-state index in [1.54, 1.807) is 6.20 Å². The first kappa shape index (κ1) is 9.94. The van der Waals surface area contributed by atoms with Crippen LogP contribution in [0.1, 0.15) is 23.0 Å². The zero-order valence-electron chi connectivity index (χ0n) is 7.58. The maximum absolute atomic E-state index is 8.74. The molecular formula is C9H10ClN3. The molecule has 0 spiro atoms. The van der Waals surface area contributed by atoms with E-state index < -0.39 is 0 Å². The lowest BCUT2D eigenvalue weighted by molar-refractivity contribution is 0.877. The Morgan fingerprint density at radius 2 is 2.23 bits per heavy atom. The predicted octanol–water partition coefficient (Wildman–Crippen LogP) is 1.94. The molecule has 3 nitrogen and oxygen atoms in total. The Bertz CT molecular complexity index is 343. The van der Waals surface area contributed by atoms with E-state index in [1.807, 2.05) is 13.8 Å². The lowest BCUT2D eigenvalue weighted by Gasteiger charge is -2.05. The van der Waals surface area contributed by atoms with Gasteiger partial charge in [-0.2, -0.15) is 5.26 Å². The molecule has 0 saturated carbocycles. The van der Waals surface area contributed by atoms with Gasteiger partial charge in [-0.3, -0.25) is 9.97 Å². The Morgan fingerprint density at radius 3 is 2.69 bits per heavy atom. The fourth-order valence-corrected chi connectivity index (χ4v) is 1.13. The average Bonchev–Trinajstić information content (AvgIpc) is 2.13. The van der Waals surface area contributed by atoms with Crippen molar-refractivity contribution < 1.29 is 0 Å². The van der Waals surface area contributed by atoms with Gasteiger partial charge in [0.05, 0.1) is 29.3 Å². The second-order valence-corrected chi connectivity index (χ2v) is 3.11. The number of rotatable bonds is 2. The highest BCUT2D eigenvalue weighted by Crippen LogP contribution is 2.14. The molecular weight excluding hydrogens is 186 g/mol. The van der Waals surface area contributed by atoms with E-state index in [-0.39, 0.29) is 11.8 Å². The van der Waals surface area contributed by atoms with Gasteiger partial charge in [0.25, 0.3) is 0 Å². The van der Waals surface area contributed by atoms with Gasteiger partial charge in [0.15, 0.2) is 0 Å². The van der Waals surface area contributed by atoms with Gasteiger partial charge in [-0.05, 0) is 13.8 Å². The van der Waals surface area contributed by atoms with Gasteiger partial charge >= 0.3 is 0 Å². The molecule has 0 aliphatic rings. The van der Waals surface area contributed by atoms with E-state index in [1.165, 1.54) is 0 Å². The SMILES string of the molecule is Cc1ncc(C(C#N)CCl)nc1C. The molecule has 0 aliphatic carbocycles. The third-order valence-corrected chi connectivity index (χ3v) is 2.19. The van der Waals surface area contributed by atoms with Crippen molar-refractivity contribution in [2.45, 2.75) is 19.8 Å². The van der Waals surface area contributed by atoms with E-state index in [2.05, 4.69) is 16.0 Å². The zero-order valence-corrected chi connectivity index (χ0v) is 8.34. The molecule has 1 aromatic heterocycles. The van der Waals surface area contributed by atoms with Crippen LogP contribution >= 0.6 is 11.6 Å². The summed E-state index contributed by atoms with van der Waals surface area (Å²) >= 11 is 5.60. The Balaban J connectivity index is 3.04. The first-order valence-corrected chi connectivity index (χ1v) is 4.48. The van der Waals surface area contributed by atoms with Crippen LogP contribution in [0.25, 0.3) is 0 Å². The van der Waals surface area contributed by atoms with Gasteiger partial charge in [0, 0.05) is 5.88 Å². The number of hydrogen-bond acceptors (Lipinski definition) is 3. The largest absolute Gasteiger partial charge is 0.258 e. The van der Waals surface area contributed by atoms with Gasteiger partial charge in [-0.15, -0.1) is 11.6 Å². The quantitative estimate of drug-likeness (QED) is 0.678. The Kier molecular flexibility index (Phi) is 3.21. The summed E-state index contributed by atoms with van der Waals surface area (Å²) in [7, 11) is 0. The number of nitrogens with zero attached hydrogens (tertiary/aromatic N) is 3. The minimum Gasteiger partial charge on any atom is -0.258 e. The topological polar surface area (TPSA) is 49.6 Å². The highest BCUT2D eigenvalue weighted by Gasteiger charge is 2.11. The van der Waals surface area contributed by atoms with Gasteiger partial charge in [-0.1, -0.05) is 0 Å². The molecule has 1 aromatic rings. The summed E-state index contributed by atoms with van der Waals surface area (Å²) in [6.45, 7) is 3.75. The van der Waals surface area contributed by atoms with Crippen LogP contribution in [-0.4, -0.2) is 15.8 Å². The van der Waals surface area contributed by atoms with Gasteiger partial charge in [0.2, 0.25) is 0 Å². The summed E-state index contributed by atoms with van der Waals surface area (Å²) < 4.78 is 0. The molecule has 0 bridgehead atoms. The van der Waals surface area contributed by atoms with Crippen molar-refractivity contribution in [3.05, 3.63) is 23.3 Å². The van der Waals surface area contributed by atoms with Crippen molar-refractivity contribution in [3.63, 3.8) is 0 Å². The van der Waals surface area contributed by atoms with Crippen molar-refractivity contribution in [1.29, 1.82) is 5.26 Å². The third-order valence-electron chi connectivity index (χ3n) is 1.88. The van der Waals surface area contributed by atoms with Gasteiger partial charge in [0.1, 0.15) is 5.92 Å². The van der Waals surface area contributed by atoms with Crippen LogP contribution in [0.3, 0.4) is 0 Å². The van der Waals surface area contributed by atoms with Gasteiger partial charge in [-0.25, -0.2) is 0 Å². The molecule has 0 N–H and O–H groups in total. The minimum atomic E-state index is -0.353. The van der Waals surface area contributed by atoms with E-state index in [0.717, 1.165) is 11.4 Å². The molecule has 13 heavy (non-hydrogen) atoms. The second-order valence-electron chi connectivity index (χ2n) is 2.80. The molecule has 0 radical (unpaired) electrons. The normalized spacial score (nSPS) is 12.2. The van der Waals surface area contributed by atoms with E-state index in [0.29, 0.717) is 5.69 Å². The van der Waals surface area contributed by atoms with Crippen molar-refractivity contribution in [3.8, 4) is 6.07 Å². The standard InChI is InChI=1S/C9H10ClN3/c1-6-7(2)13-9(5-12-6)8(3-10)4-11/h5,8H,3H2,1-2H3. The minimum absolute atomic E-state index is 0.258. The molecule has 1 unspecified atom stereocenters. The maximum atomic E-state index is 8.74. The van der Waals surface area contributed by atoms with Crippen LogP contribution in [0.5, 0.6) is 0 Å². The third kappa shape index (κ3) is 2.16. The van der Waals surface area contributed by atoms with Crippen molar-refractivity contribution in [2.75, 3.05) is 5.88 Å². The summed E-state index contributed by atoms with van der Waals surface area (Å²) in [6, 6.07) is 2.08. The summed E-state index contributed by atoms with van der Waals surface area (Å²) in [5.41, 5.74) is 2.39. The number of halogens is 1. The maximum Gasteiger partial charge on any atom is 0.103 e. The van der Waals surface area contributed by atoms with Crippen molar-refractivity contribution in [2.24, 2.45) is 0 Å². The van der Waals surface area contributed by atoms with Crippen LogP contribution in [0.4, 0.5) is 0 Å². The number of aryl methyl sites for hydroxylation is 2. The highest BCUT2D eigenvalue weighted by atomic mass is 35.5. The van der Waals surface area contributed by atoms with E-state index >= 15 is 0 Å². The van der Waals surface area contributed by atoms with Crippen LogP contribution in [0, 0.1) is 25.2 Å². The fraction of sp³-hybridized carbons (Fsp3) is 0.444. The van der Waals surface area contributed by atoms with Crippen molar-refractivity contribution in [1.82, 2.24) is 9.97 Å². The summed E-state index contributed by atoms with van der Waals surface area (Å²) in [6.07, 6.45) is 1.61. The lowest BCUT2D eigenvalue weighted by Crippen LogP contribution is -2.04. The number of nitriles is 1. The Labute approximate surface area is 82.4 Å². The number of aromatic nitrogens is 2. The fourth-order valence-electron chi connectivity index (χ4n) is 0.907. The summed E-state index contributed by atoms with van der Waals surface area (Å²) in [5, 5.41) is 8.74. The Morgan fingerprint density at radius 1 is 1.54 bits per heavy atom. The summed E-state index contributed by atoms with van der Waals surface area (Å²) in [4.78, 5) is 8.37. The first-order chi connectivity index (χ1) is 6.19. The van der Waals surface area contributed by atoms with E-state index in [4.69, 9.17) is 16.9 Å². The monoisotopic (exact) mass is 195 g/mol.